The van der Waals surface area contributed by atoms with Crippen LogP contribution in [-0.2, 0) is 15.3 Å². The van der Waals surface area contributed by atoms with Crippen LogP contribution in [0.1, 0.15) is 31.0 Å². The Morgan fingerprint density at radius 2 is 1.97 bits per heavy atom. The summed E-state index contributed by atoms with van der Waals surface area (Å²) < 4.78 is 7.05. The van der Waals surface area contributed by atoms with E-state index in [1.165, 1.54) is 11.8 Å². The molecular weight excluding hydrogens is 455 g/mol. The Kier molecular flexibility index (Phi) is 6.55. The second-order valence-corrected chi connectivity index (χ2v) is 8.73. The Balaban J connectivity index is 1.68. The topological polar surface area (TPSA) is 69.0 Å². The van der Waals surface area contributed by atoms with E-state index in [4.69, 9.17) is 33.0 Å². The average Bonchev–Trinajstić information content (AvgIpc) is 3.14. The summed E-state index contributed by atoms with van der Waals surface area (Å²) in [5, 5.41) is 9.80. The van der Waals surface area contributed by atoms with E-state index in [0.29, 0.717) is 38.2 Å². The van der Waals surface area contributed by atoms with E-state index in [1.54, 1.807) is 23.7 Å². The number of carbonyl (C=O) groups is 1. The first-order valence-electron chi connectivity index (χ1n) is 9.70. The molecule has 0 unspecified atom stereocenters. The predicted octanol–water partition coefficient (Wildman–Crippen LogP) is 5.73. The number of carbonyl (C=O) groups excluding carboxylic acids is 1. The van der Waals surface area contributed by atoms with Gasteiger partial charge in [-0.1, -0.05) is 59.2 Å². The molecule has 0 fully saturated rings. The third-order valence-electron chi connectivity index (χ3n) is 4.77. The molecule has 1 aromatic heterocycles. The maximum Gasteiger partial charge on any atom is 0.338 e. The monoisotopic (exact) mass is 474 g/mol. The van der Waals surface area contributed by atoms with Crippen molar-refractivity contribution in [2.45, 2.75) is 30.8 Å². The van der Waals surface area contributed by atoms with Crippen molar-refractivity contribution >= 4 is 46.9 Å². The maximum absolute atomic E-state index is 12.8. The number of halogens is 2. The summed E-state index contributed by atoms with van der Waals surface area (Å²) in [7, 11) is 0. The predicted molar refractivity (Wildman–Crippen MR) is 124 cm³/mol. The van der Waals surface area contributed by atoms with Gasteiger partial charge in [-0.25, -0.2) is 9.48 Å². The number of fused-ring (bicyclic) bond motifs is 1. The van der Waals surface area contributed by atoms with Crippen molar-refractivity contribution in [3.63, 3.8) is 0 Å². The zero-order valence-corrected chi connectivity index (χ0v) is 19.3. The smallest absolute Gasteiger partial charge is 0.338 e. The summed E-state index contributed by atoms with van der Waals surface area (Å²) in [6, 6.07) is 14.6. The minimum absolute atomic E-state index is 0.286. The molecular formula is C22H20Cl2N4O2S. The molecule has 1 N–H and O–H groups in total. The lowest BCUT2D eigenvalue weighted by atomic mass is 9.96. The molecule has 1 aliphatic rings. The summed E-state index contributed by atoms with van der Waals surface area (Å²) in [5.41, 5.74) is 3.12. The highest BCUT2D eigenvalue weighted by Gasteiger charge is 2.35. The third kappa shape index (κ3) is 4.74. The van der Waals surface area contributed by atoms with E-state index in [1.807, 2.05) is 43.3 Å². The number of nitrogens with zero attached hydrogens (tertiary/aromatic N) is 3. The van der Waals surface area contributed by atoms with Crippen LogP contribution in [0.5, 0.6) is 0 Å². The molecule has 0 saturated heterocycles. The Bertz CT molecular complexity index is 1140. The van der Waals surface area contributed by atoms with Crippen LogP contribution in [0.4, 0.5) is 5.95 Å². The van der Waals surface area contributed by atoms with E-state index in [0.717, 1.165) is 11.1 Å². The summed E-state index contributed by atoms with van der Waals surface area (Å²) in [4.78, 5) is 17.4. The van der Waals surface area contributed by atoms with Gasteiger partial charge in [0, 0.05) is 21.5 Å². The number of nitrogens with one attached hydrogen (secondary N) is 1. The van der Waals surface area contributed by atoms with Gasteiger partial charge in [-0.2, -0.15) is 4.98 Å². The zero-order chi connectivity index (χ0) is 22.0. The van der Waals surface area contributed by atoms with Gasteiger partial charge in [0.2, 0.25) is 11.1 Å². The molecule has 9 heteroatoms. The van der Waals surface area contributed by atoms with Crippen LogP contribution in [0.25, 0.3) is 0 Å². The lowest BCUT2D eigenvalue weighted by Crippen LogP contribution is -2.29. The Hall–Kier alpha value is -2.48. The Labute approximate surface area is 194 Å². The van der Waals surface area contributed by atoms with Gasteiger partial charge < -0.3 is 10.1 Å². The van der Waals surface area contributed by atoms with Gasteiger partial charge in [-0.3, -0.25) is 0 Å². The van der Waals surface area contributed by atoms with Gasteiger partial charge in [0.05, 0.1) is 12.2 Å². The summed E-state index contributed by atoms with van der Waals surface area (Å²) in [6.07, 6.45) is 0. The first-order valence-corrected chi connectivity index (χ1v) is 11.4. The zero-order valence-electron chi connectivity index (χ0n) is 16.9. The Morgan fingerprint density at radius 1 is 1.19 bits per heavy atom. The number of benzene rings is 2. The molecule has 3 aromatic rings. The fraction of sp³-hybridized carbons (Fsp3) is 0.227. The molecule has 1 atom stereocenters. The molecule has 0 bridgehead atoms. The van der Waals surface area contributed by atoms with Gasteiger partial charge >= 0.3 is 5.97 Å². The quantitative estimate of drug-likeness (QED) is 0.363. The maximum atomic E-state index is 12.8. The van der Waals surface area contributed by atoms with E-state index >= 15 is 0 Å². The number of rotatable bonds is 6. The number of allylic oxidation sites excluding steroid dienone is 1. The highest BCUT2D eigenvalue weighted by Crippen LogP contribution is 2.37. The minimum Gasteiger partial charge on any atom is -0.463 e. The fourth-order valence-corrected chi connectivity index (χ4v) is 4.50. The molecule has 6 nitrogen and oxygen atoms in total. The second kappa shape index (κ2) is 9.34. The molecule has 0 aliphatic carbocycles. The third-order valence-corrected chi connectivity index (χ3v) is 6.17. The van der Waals surface area contributed by atoms with E-state index in [2.05, 4.69) is 10.3 Å². The highest BCUT2D eigenvalue weighted by atomic mass is 35.5. The van der Waals surface area contributed by atoms with Crippen LogP contribution in [-0.4, -0.2) is 27.3 Å². The van der Waals surface area contributed by atoms with Gasteiger partial charge in [0.15, 0.2) is 0 Å². The number of esters is 1. The standard InChI is InChI=1S/C22H20Cl2N4O2S/c1-3-30-20(29)18-13(2)25-21-26-22(31-12-14-5-4-6-17(24)11-14)27-28(21)19(18)15-7-9-16(23)10-8-15/h4-11,19H,3,12H2,1-2H3,(H,25,26,27)/t19-/m1/s1. The molecule has 0 saturated carbocycles. The van der Waals surface area contributed by atoms with E-state index in [9.17, 15) is 4.79 Å². The highest BCUT2D eigenvalue weighted by molar-refractivity contribution is 7.98. The van der Waals surface area contributed by atoms with Gasteiger partial charge in [0.25, 0.3) is 0 Å². The Morgan fingerprint density at radius 3 is 2.68 bits per heavy atom. The van der Waals surface area contributed by atoms with Crippen molar-refractivity contribution in [2.75, 3.05) is 11.9 Å². The van der Waals surface area contributed by atoms with Crippen molar-refractivity contribution in [2.24, 2.45) is 0 Å². The molecule has 2 heterocycles. The lowest BCUT2D eigenvalue weighted by molar-refractivity contribution is -0.139. The molecule has 4 rings (SSSR count). The summed E-state index contributed by atoms with van der Waals surface area (Å²) >= 11 is 13.7. The molecule has 1 aliphatic heterocycles. The largest absolute Gasteiger partial charge is 0.463 e. The van der Waals surface area contributed by atoms with Crippen molar-refractivity contribution in [3.8, 4) is 0 Å². The summed E-state index contributed by atoms with van der Waals surface area (Å²) in [5.74, 6) is 0.855. The van der Waals surface area contributed by atoms with Crippen LogP contribution in [0.15, 0.2) is 65.0 Å². The SMILES string of the molecule is CCOC(=O)C1=C(C)Nc2nc(SCc3cccc(Cl)c3)nn2[C@@H]1c1ccc(Cl)cc1. The van der Waals surface area contributed by atoms with Gasteiger partial charge in [-0.15, -0.1) is 5.10 Å². The normalized spacial score (nSPS) is 15.4. The summed E-state index contributed by atoms with van der Waals surface area (Å²) in [6.45, 7) is 3.91. The first-order chi connectivity index (χ1) is 15.0. The number of anilines is 1. The second-order valence-electron chi connectivity index (χ2n) is 6.92. The number of ether oxygens (including phenoxy) is 1. The van der Waals surface area contributed by atoms with E-state index in [-0.39, 0.29) is 12.6 Å². The lowest BCUT2D eigenvalue weighted by Gasteiger charge is -2.28. The van der Waals surface area contributed by atoms with Crippen molar-refractivity contribution in [3.05, 3.63) is 81.0 Å². The van der Waals surface area contributed by atoms with E-state index < -0.39 is 6.04 Å². The first kappa shape index (κ1) is 21.7. The molecule has 2 aromatic carbocycles. The van der Waals surface area contributed by atoms with Crippen molar-refractivity contribution in [1.82, 2.24) is 14.8 Å². The molecule has 0 spiro atoms. The van der Waals surface area contributed by atoms with Crippen molar-refractivity contribution in [1.29, 1.82) is 0 Å². The molecule has 0 radical (unpaired) electrons. The average molecular weight is 475 g/mol. The van der Waals surface area contributed by atoms with Crippen LogP contribution in [0, 0.1) is 0 Å². The van der Waals surface area contributed by atoms with Crippen LogP contribution in [0.3, 0.4) is 0 Å². The van der Waals surface area contributed by atoms with Gasteiger partial charge in [-0.05, 0) is 49.2 Å². The van der Waals surface area contributed by atoms with Gasteiger partial charge in [0.1, 0.15) is 6.04 Å². The molecule has 160 valence electrons. The molecule has 0 amide bonds. The fourth-order valence-electron chi connectivity index (χ4n) is 3.39. The van der Waals surface area contributed by atoms with Crippen LogP contribution < -0.4 is 5.32 Å². The van der Waals surface area contributed by atoms with Crippen LogP contribution >= 0.6 is 35.0 Å². The number of thioether (sulfide) groups is 1. The number of aromatic nitrogens is 3. The van der Waals surface area contributed by atoms with Crippen LogP contribution in [0.2, 0.25) is 10.0 Å². The number of hydrogen-bond donors (Lipinski definition) is 1. The minimum atomic E-state index is -0.472. The van der Waals surface area contributed by atoms with Crippen molar-refractivity contribution < 1.29 is 9.53 Å². The number of hydrogen-bond acceptors (Lipinski definition) is 6. The molecule has 31 heavy (non-hydrogen) atoms.